The first kappa shape index (κ1) is 18.3. The van der Waals surface area contributed by atoms with Crippen LogP contribution >= 0.6 is 0 Å². The molecule has 25 heavy (non-hydrogen) atoms. The van der Waals surface area contributed by atoms with Gasteiger partial charge in [-0.15, -0.1) is 0 Å². The van der Waals surface area contributed by atoms with Crippen molar-refractivity contribution in [2.45, 2.75) is 19.5 Å². The molecular formula is C19H22N2O4. The molecule has 0 fully saturated rings. The van der Waals surface area contributed by atoms with E-state index >= 15 is 0 Å². The van der Waals surface area contributed by atoms with Gasteiger partial charge in [0.15, 0.2) is 0 Å². The van der Waals surface area contributed by atoms with Crippen molar-refractivity contribution in [2.75, 3.05) is 14.2 Å². The van der Waals surface area contributed by atoms with E-state index in [4.69, 9.17) is 9.47 Å². The number of carbonyl (C=O) groups is 2. The summed E-state index contributed by atoms with van der Waals surface area (Å²) in [4.78, 5) is 23.8. The molecule has 2 amide bonds. The highest BCUT2D eigenvalue weighted by Crippen LogP contribution is 2.20. The van der Waals surface area contributed by atoms with E-state index in [2.05, 4.69) is 10.6 Å². The summed E-state index contributed by atoms with van der Waals surface area (Å²) in [6.45, 7) is 2.19. The molecule has 0 aliphatic heterocycles. The van der Waals surface area contributed by atoms with E-state index in [1.165, 1.54) is 14.2 Å². The fourth-order valence-electron chi connectivity index (χ4n) is 2.39. The zero-order chi connectivity index (χ0) is 18.2. The largest absolute Gasteiger partial charge is 0.496 e. The van der Waals surface area contributed by atoms with Crippen LogP contribution in [0.1, 0.15) is 34.5 Å². The lowest BCUT2D eigenvalue weighted by molar-refractivity contribution is 0.0597. The third-order valence-electron chi connectivity index (χ3n) is 3.77. The van der Waals surface area contributed by atoms with Gasteiger partial charge in [-0.05, 0) is 30.2 Å². The van der Waals surface area contributed by atoms with Gasteiger partial charge in [0.1, 0.15) is 11.3 Å². The molecule has 6 nitrogen and oxygen atoms in total. The molecule has 0 aromatic heterocycles. The van der Waals surface area contributed by atoms with E-state index in [0.717, 1.165) is 11.1 Å². The highest BCUT2D eigenvalue weighted by Gasteiger charge is 2.14. The van der Waals surface area contributed by atoms with Gasteiger partial charge in [-0.2, -0.15) is 0 Å². The van der Waals surface area contributed by atoms with Crippen molar-refractivity contribution in [1.82, 2.24) is 10.6 Å². The molecular weight excluding hydrogens is 320 g/mol. The predicted octanol–water partition coefficient (Wildman–Crippen LogP) is 3.04. The quantitative estimate of drug-likeness (QED) is 0.791. The molecule has 0 aliphatic rings. The number of methoxy groups -OCH3 is 2. The summed E-state index contributed by atoms with van der Waals surface area (Å²) in [6.07, 6.45) is 0. The molecule has 0 saturated carbocycles. The first-order valence-corrected chi connectivity index (χ1v) is 7.89. The van der Waals surface area contributed by atoms with Gasteiger partial charge < -0.3 is 20.1 Å². The molecule has 0 saturated heterocycles. The molecule has 2 rings (SSSR count). The molecule has 1 atom stereocenters. The average Bonchev–Trinajstić information content (AvgIpc) is 2.66. The Hall–Kier alpha value is -3.02. The number of urea groups is 1. The Balaban J connectivity index is 1.96. The van der Waals surface area contributed by atoms with Crippen LogP contribution in [0.4, 0.5) is 4.79 Å². The molecule has 0 bridgehead atoms. The maximum absolute atomic E-state index is 12.1. The molecule has 0 heterocycles. The van der Waals surface area contributed by atoms with Crippen molar-refractivity contribution in [1.29, 1.82) is 0 Å². The number of carbonyl (C=O) groups excluding carboxylic acids is 2. The lowest BCUT2D eigenvalue weighted by atomic mass is 10.1. The Morgan fingerprint density at radius 2 is 1.80 bits per heavy atom. The molecule has 2 N–H and O–H groups in total. The molecule has 6 heteroatoms. The van der Waals surface area contributed by atoms with Crippen molar-refractivity contribution in [3.05, 3.63) is 65.2 Å². The lowest BCUT2D eigenvalue weighted by Gasteiger charge is -2.15. The van der Waals surface area contributed by atoms with Gasteiger partial charge in [0, 0.05) is 6.54 Å². The standard InChI is InChI=1S/C19H22N2O4/c1-13(15-7-5-4-6-8-15)21-19(23)20-12-14-9-10-17(24-2)16(11-14)18(22)25-3/h4-11,13H,12H2,1-3H3,(H2,20,21,23)/t13-/m0/s1. The Bertz CT molecular complexity index is 731. The normalized spacial score (nSPS) is 11.3. The number of nitrogens with one attached hydrogen (secondary N) is 2. The Labute approximate surface area is 147 Å². The predicted molar refractivity (Wildman–Crippen MR) is 94.6 cm³/mol. The van der Waals surface area contributed by atoms with Gasteiger partial charge in [0.05, 0.1) is 20.3 Å². The monoisotopic (exact) mass is 342 g/mol. The minimum absolute atomic E-state index is 0.109. The van der Waals surface area contributed by atoms with Crippen LogP contribution in [0.2, 0.25) is 0 Å². The highest BCUT2D eigenvalue weighted by atomic mass is 16.5. The first-order valence-electron chi connectivity index (χ1n) is 7.89. The summed E-state index contributed by atoms with van der Waals surface area (Å²) in [7, 11) is 2.79. The van der Waals surface area contributed by atoms with Crippen LogP contribution in [-0.2, 0) is 11.3 Å². The molecule has 0 spiro atoms. The van der Waals surface area contributed by atoms with E-state index in [0.29, 0.717) is 11.3 Å². The smallest absolute Gasteiger partial charge is 0.341 e. The Kier molecular flexibility index (Phi) is 6.39. The van der Waals surface area contributed by atoms with E-state index in [-0.39, 0.29) is 18.6 Å². The summed E-state index contributed by atoms with van der Waals surface area (Å²) in [6, 6.07) is 14.4. The van der Waals surface area contributed by atoms with Crippen LogP contribution in [0, 0.1) is 0 Å². The van der Waals surface area contributed by atoms with Gasteiger partial charge in [-0.25, -0.2) is 9.59 Å². The third kappa shape index (κ3) is 4.97. The van der Waals surface area contributed by atoms with Crippen molar-refractivity contribution < 1.29 is 19.1 Å². The average molecular weight is 342 g/mol. The Morgan fingerprint density at radius 1 is 1.08 bits per heavy atom. The van der Waals surface area contributed by atoms with E-state index in [1.807, 2.05) is 37.3 Å². The van der Waals surface area contributed by atoms with E-state index in [9.17, 15) is 9.59 Å². The van der Waals surface area contributed by atoms with Crippen LogP contribution < -0.4 is 15.4 Å². The summed E-state index contributed by atoms with van der Waals surface area (Å²) in [5.41, 5.74) is 2.11. The van der Waals surface area contributed by atoms with Gasteiger partial charge in [-0.1, -0.05) is 36.4 Å². The van der Waals surface area contributed by atoms with Gasteiger partial charge in [-0.3, -0.25) is 0 Å². The van der Waals surface area contributed by atoms with Crippen molar-refractivity contribution in [3.63, 3.8) is 0 Å². The molecule has 2 aromatic carbocycles. The number of esters is 1. The Morgan fingerprint density at radius 3 is 2.44 bits per heavy atom. The van der Waals surface area contributed by atoms with Crippen LogP contribution in [0.3, 0.4) is 0 Å². The minimum Gasteiger partial charge on any atom is -0.496 e. The summed E-state index contributed by atoms with van der Waals surface area (Å²) in [5.74, 6) is -0.0568. The highest BCUT2D eigenvalue weighted by molar-refractivity contribution is 5.92. The first-order chi connectivity index (χ1) is 12.0. The topological polar surface area (TPSA) is 76.7 Å². The molecule has 2 aromatic rings. The van der Waals surface area contributed by atoms with Gasteiger partial charge >= 0.3 is 12.0 Å². The number of amides is 2. The molecule has 0 radical (unpaired) electrons. The molecule has 0 unspecified atom stereocenters. The summed E-state index contributed by atoms with van der Waals surface area (Å²) >= 11 is 0. The summed E-state index contributed by atoms with van der Waals surface area (Å²) in [5, 5.41) is 5.65. The number of hydrogen-bond donors (Lipinski definition) is 2. The second kappa shape index (κ2) is 8.73. The maximum Gasteiger partial charge on any atom is 0.341 e. The van der Waals surface area contributed by atoms with E-state index in [1.54, 1.807) is 18.2 Å². The second-order valence-electron chi connectivity index (χ2n) is 5.49. The van der Waals surface area contributed by atoms with Crippen LogP contribution in [0.15, 0.2) is 48.5 Å². The number of ether oxygens (including phenoxy) is 2. The number of benzene rings is 2. The lowest BCUT2D eigenvalue weighted by Crippen LogP contribution is -2.36. The van der Waals surface area contributed by atoms with Gasteiger partial charge in [0.2, 0.25) is 0 Å². The SMILES string of the molecule is COC(=O)c1cc(CNC(=O)N[C@@H](C)c2ccccc2)ccc1OC. The summed E-state index contributed by atoms with van der Waals surface area (Å²) < 4.78 is 9.89. The molecule has 132 valence electrons. The van der Waals surface area contributed by atoms with Gasteiger partial charge in [0.25, 0.3) is 0 Å². The van der Waals surface area contributed by atoms with Crippen LogP contribution in [-0.4, -0.2) is 26.2 Å². The van der Waals surface area contributed by atoms with Crippen LogP contribution in [0.25, 0.3) is 0 Å². The molecule has 0 aliphatic carbocycles. The minimum atomic E-state index is -0.485. The fourth-order valence-corrected chi connectivity index (χ4v) is 2.39. The second-order valence-corrected chi connectivity index (χ2v) is 5.49. The zero-order valence-electron chi connectivity index (χ0n) is 14.5. The fraction of sp³-hybridized carbons (Fsp3) is 0.263. The zero-order valence-corrected chi connectivity index (χ0v) is 14.5. The number of hydrogen-bond acceptors (Lipinski definition) is 4. The van der Waals surface area contributed by atoms with Crippen molar-refractivity contribution in [3.8, 4) is 5.75 Å². The third-order valence-corrected chi connectivity index (χ3v) is 3.77. The maximum atomic E-state index is 12.1. The van der Waals surface area contributed by atoms with E-state index < -0.39 is 5.97 Å². The van der Waals surface area contributed by atoms with Crippen molar-refractivity contribution >= 4 is 12.0 Å². The number of rotatable bonds is 6. The van der Waals surface area contributed by atoms with Crippen LogP contribution in [0.5, 0.6) is 5.75 Å². The van der Waals surface area contributed by atoms with Crippen molar-refractivity contribution in [2.24, 2.45) is 0 Å².